The summed E-state index contributed by atoms with van der Waals surface area (Å²) in [5, 5.41) is 14.5. The molecule has 0 atom stereocenters. The predicted octanol–water partition coefficient (Wildman–Crippen LogP) is 3.70. The van der Waals surface area contributed by atoms with Gasteiger partial charge in [-0.1, -0.05) is 78.9 Å². The van der Waals surface area contributed by atoms with Gasteiger partial charge in [0.15, 0.2) is 0 Å². The second-order valence-electron chi connectivity index (χ2n) is 6.52. The van der Waals surface area contributed by atoms with Crippen LogP contribution in [-0.2, 0) is 9.59 Å². The van der Waals surface area contributed by atoms with E-state index in [1.54, 1.807) is 84.9 Å². The van der Waals surface area contributed by atoms with Gasteiger partial charge in [-0.2, -0.15) is 0 Å². The molecule has 0 radical (unpaired) electrons. The zero-order valence-corrected chi connectivity index (χ0v) is 16.5. The highest BCUT2D eigenvalue weighted by atomic mass is 16.4. The van der Waals surface area contributed by atoms with E-state index < -0.39 is 17.8 Å². The van der Waals surface area contributed by atoms with Gasteiger partial charge in [-0.15, -0.1) is 0 Å². The minimum atomic E-state index is -1.30. The second-order valence-corrected chi connectivity index (χ2v) is 6.52. The van der Waals surface area contributed by atoms with Crippen molar-refractivity contribution < 1.29 is 19.5 Å². The summed E-state index contributed by atoms with van der Waals surface area (Å²) in [4.78, 5) is 37.2. The fraction of sp³-hybridized carbons (Fsp3) is 0. The Hall–Kier alpha value is -4.45. The van der Waals surface area contributed by atoms with Crippen molar-refractivity contribution in [2.45, 2.75) is 0 Å². The van der Waals surface area contributed by atoms with Gasteiger partial charge in [0, 0.05) is 5.56 Å². The number of hydrogen-bond donors (Lipinski definition) is 3. The molecule has 6 nitrogen and oxygen atoms in total. The van der Waals surface area contributed by atoms with Crippen molar-refractivity contribution in [1.82, 2.24) is 10.6 Å². The summed E-state index contributed by atoms with van der Waals surface area (Å²) in [5.74, 6) is -2.54. The first-order valence-electron chi connectivity index (χ1n) is 9.47. The number of rotatable bonds is 7. The summed E-state index contributed by atoms with van der Waals surface area (Å²) >= 11 is 0. The van der Waals surface area contributed by atoms with Crippen molar-refractivity contribution >= 4 is 29.9 Å². The largest absolute Gasteiger partial charge is 0.477 e. The second kappa shape index (κ2) is 10.4. The van der Waals surface area contributed by atoms with Crippen molar-refractivity contribution in [3.8, 4) is 0 Å². The van der Waals surface area contributed by atoms with Crippen LogP contribution in [0.1, 0.15) is 21.5 Å². The van der Waals surface area contributed by atoms with Crippen LogP contribution in [0.4, 0.5) is 0 Å². The minimum Gasteiger partial charge on any atom is -0.477 e. The molecule has 0 heterocycles. The molecule has 0 bridgehead atoms. The number of aliphatic carboxylic acids is 1. The van der Waals surface area contributed by atoms with Crippen molar-refractivity contribution in [2.24, 2.45) is 0 Å². The van der Waals surface area contributed by atoms with E-state index in [0.717, 1.165) is 0 Å². The molecule has 0 aromatic heterocycles. The molecule has 31 heavy (non-hydrogen) atoms. The zero-order valence-electron chi connectivity index (χ0n) is 16.5. The summed E-state index contributed by atoms with van der Waals surface area (Å²) in [7, 11) is 0. The molecule has 0 aliphatic rings. The lowest BCUT2D eigenvalue weighted by molar-refractivity contribution is -0.134. The third-order valence-corrected chi connectivity index (χ3v) is 4.23. The van der Waals surface area contributed by atoms with E-state index in [-0.39, 0.29) is 11.4 Å². The lowest BCUT2D eigenvalue weighted by Crippen LogP contribution is -2.36. The normalized spacial score (nSPS) is 11.5. The molecule has 0 fully saturated rings. The van der Waals surface area contributed by atoms with Gasteiger partial charge in [-0.25, -0.2) is 4.79 Å². The third kappa shape index (κ3) is 6.27. The fourth-order valence-electron chi connectivity index (χ4n) is 2.72. The highest BCUT2D eigenvalue weighted by Crippen LogP contribution is 2.10. The van der Waals surface area contributed by atoms with Crippen LogP contribution < -0.4 is 10.6 Å². The molecular formula is C25H20N2O4. The Morgan fingerprint density at radius 2 is 1.06 bits per heavy atom. The highest BCUT2D eigenvalue weighted by Gasteiger charge is 2.18. The van der Waals surface area contributed by atoms with Gasteiger partial charge >= 0.3 is 5.97 Å². The summed E-state index contributed by atoms with van der Waals surface area (Å²) in [6.45, 7) is 0. The first kappa shape index (κ1) is 21.3. The van der Waals surface area contributed by atoms with Crippen molar-refractivity contribution in [2.75, 3.05) is 0 Å². The average Bonchev–Trinajstić information content (AvgIpc) is 2.80. The SMILES string of the molecule is O=C(O)C(=Cc1ccccc1)NC(=O)C(=Cc1ccccc1)NC(=O)c1ccccc1. The number of carbonyl (C=O) groups is 3. The van der Waals surface area contributed by atoms with E-state index in [1.165, 1.54) is 12.2 Å². The lowest BCUT2D eigenvalue weighted by atomic mass is 10.1. The van der Waals surface area contributed by atoms with E-state index in [2.05, 4.69) is 10.6 Å². The van der Waals surface area contributed by atoms with Gasteiger partial charge in [-0.05, 0) is 35.4 Å². The molecule has 6 heteroatoms. The Kier molecular flexibility index (Phi) is 7.11. The topological polar surface area (TPSA) is 95.5 Å². The van der Waals surface area contributed by atoms with E-state index in [4.69, 9.17) is 0 Å². The van der Waals surface area contributed by atoms with Gasteiger partial charge in [0.1, 0.15) is 11.4 Å². The quantitative estimate of drug-likeness (QED) is 0.516. The molecule has 0 unspecified atom stereocenters. The zero-order chi connectivity index (χ0) is 22.1. The van der Waals surface area contributed by atoms with Crippen LogP contribution in [0.3, 0.4) is 0 Å². The highest BCUT2D eigenvalue weighted by molar-refractivity contribution is 6.08. The summed E-state index contributed by atoms with van der Waals surface area (Å²) in [6, 6.07) is 26.1. The Bertz CT molecular complexity index is 1120. The van der Waals surface area contributed by atoms with E-state index >= 15 is 0 Å². The number of nitrogens with one attached hydrogen (secondary N) is 2. The van der Waals surface area contributed by atoms with E-state index in [9.17, 15) is 19.5 Å². The Labute approximate surface area is 179 Å². The Morgan fingerprint density at radius 1 is 0.613 bits per heavy atom. The molecule has 3 rings (SSSR count). The number of carbonyl (C=O) groups excluding carboxylic acids is 2. The average molecular weight is 412 g/mol. The van der Waals surface area contributed by atoms with Crippen LogP contribution in [0, 0.1) is 0 Å². The monoisotopic (exact) mass is 412 g/mol. The number of carboxylic acid groups (broad SMARTS) is 1. The van der Waals surface area contributed by atoms with E-state index in [1.807, 2.05) is 6.07 Å². The lowest BCUT2D eigenvalue weighted by Gasteiger charge is -2.12. The van der Waals surface area contributed by atoms with Gasteiger partial charge < -0.3 is 15.7 Å². The number of hydrogen-bond acceptors (Lipinski definition) is 3. The molecule has 0 aliphatic heterocycles. The van der Waals surface area contributed by atoms with Gasteiger partial charge in [0.05, 0.1) is 0 Å². The molecule has 0 saturated heterocycles. The summed E-state index contributed by atoms with van der Waals surface area (Å²) in [5.41, 5.74) is 1.25. The number of carboxylic acids is 1. The maximum Gasteiger partial charge on any atom is 0.352 e. The van der Waals surface area contributed by atoms with Crippen LogP contribution in [0.25, 0.3) is 12.2 Å². The van der Waals surface area contributed by atoms with Gasteiger partial charge in [-0.3, -0.25) is 9.59 Å². The van der Waals surface area contributed by atoms with Crippen LogP contribution in [0.5, 0.6) is 0 Å². The van der Waals surface area contributed by atoms with Crippen LogP contribution in [0.15, 0.2) is 102 Å². The molecule has 154 valence electrons. The van der Waals surface area contributed by atoms with Crippen molar-refractivity contribution in [3.05, 3.63) is 119 Å². The molecular weight excluding hydrogens is 392 g/mol. The molecule has 0 spiro atoms. The maximum atomic E-state index is 12.9. The smallest absolute Gasteiger partial charge is 0.352 e. The number of amides is 2. The molecule has 3 aromatic carbocycles. The van der Waals surface area contributed by atoms with Crippen LogP contribution in [0.2, 0.25) is 0 Å². The van der Waals surface area contributed by atoms with E-state index in [0.29, 0.717) is 16.7 Å². The molecule has 2 amide bonds. The standard InChI is InChI=1S/C25H20N2O4/c28-23(20-14-8-3-9-15-20)26-21(16-18-10-4-1-5-11-18)24(29)27-22(25(30)31)17-19-12-6-2-7-13-19/h1-17H,(H,26,28)(H,27,29)(H,30,31). The maximum absolute atomic E-state index is 12.9. The first-order valence-corrected chi connectivity index (χ1v) is 9.47. The van der Waals surface area contributed by atoms with Crippen LogP contribution in [-0.4, -0.2) is 22.9 Å². The van der Waals surface area contributed by atoms with Crippen molar-refractivity contribution in [1.29, 1.82) is 0 Å². The van der Waals surface area contributed by atoms with Gasteiger partial charge in [0.2, 0.25) is 0 Å². The summed E-state index contributed by atoms with van der Waals surface area (Å²) < 4.78 is 0. The summed E-state index contributed by atoms with van der Waals surface area (Å²) in [6.07, 6.45) is 2.83. The number of benzene rings is 3. The third-order valence-electron chi connectivity index (χ3n) is 4.23. The molecule has 3 aromatic rings. The molecule has 3 N–H and O–H groups in total. The van der Waals surface area contributed by atoms with Crippen LogP contribution >= 0.6 is 0 Å². The predicted molar refractivity (Wildman–Crippen MR) is 119 cm³/mol. The first-order chi connectivity index (χ1) is 15.0. The van der Waals surface area contributed by atoms with Gasteiger partial charge in [0.25, 0.3) is 11.8 Å². The Balaban J connectivity index is 1.89. The molecule has 0 saturated carbocycles. The minimum absolute atomic E-state index is 0.0831. The fourth-order valence-corrected chi connectivity index (χ4v) is 2.72. The molecule has 0 aliphatic carbocycles. The Morgan fingerprint density at radius 3 is 1.55 bits per heavy atom. The van der Waals surface area contributed by atoms with Crippen molar-refractivity contribution in [3.63, 3.8) is 0 Å².